The molecule has 0 saturated heterocycles. The van der Waals surface area contributed by atoms with E-state index in [0.717, 1.165) is 50.4 Å². The van der Waals surface area contributed by atoms with Gasteiger partial charge in [0.15, 0.2) is 5.82 Å². The number of para-hydroxylation sites is 1. The van der Waals surface area contributed by atoms with E-state index in [0.29, 0.717) is 23.0 Å². The van der Waals surface area contributed by atoms with E-state index in [9.17, 15) is 4.79 Å². The SMILES string of the molecule is Cc1ccnc(C2=CCN(CCCCN3C(=O)c4ccccc4OC=C3Cl)CC2)n1. The Morgan fingerprint density at radius 2 is 2.00 bits per heavy atom. The van der Waals surface area contributed by atoms with Gasteiger partial charge in [0.2, 0.25) is 0 Å². The van der Waals surface area contributed by atoms with Gasteiger partial charge in [0, 0.05) is 31.5 Å². The molecular formula is C23H25ClN4O2. The summed E-state index contributed by atoms with van der Waals surface area (Å²) in [5, 5.41) is 0.319. The summed E-state index contributed by atoms with van der Waals surface area (Å²) in [7, 11) is 0. The number of aryl methyl sites for hydroxylation is 1. The molecule has 3 heterocycles. The highest BCUT2D eigenvalue weighted by atomic mass is 35.5. The topological polar surface area (TPSA) is 58.6 Å². The lowest BCUT2D eigenvalue weighted by molar-refractivity contribution is 0.0814. The number of amides is 1. The summed E-state index contributed by atoms with van der Waals surface area (Å²) in [6.45, 7) is 5.43. The van der Waals surface area contributed by atoms with Gasteiger partial charge in [-0.15, -0.1) is 0 Å². The summed E-state index contributed by atoms with van der Waals surface area (Å²) in [5.74, 6) is 1.27. The zero-order valence-electron chi connectivity index (χ0n) is 17.1. The Bertz CT molecular complexity index is 989. The van der Waals surface area contributed by atoms with Crippen LogP contribution >= 0.6 is 11.6 Å². The number of aromatic nitrogens is 2. The van der Waals surface area contributed by atoms with Gasteiger partial charge in [-0.1, -0.05) is 29.8 Å². The molecule has 2 aliphatic heterocycles. The van der Waals surface area contributed by atoms with E-state index in [2.05, 4.69) is 20.9 Å². The van der Waals surface area contributed by atoms with Gasteiger partial charge < -0.3 is 4.74 Å². The molecule has 1 aromatic heterocycles. The smallest absolute Gasteiger partial charge is 0.262 e. The molecule has 0 N–H and O–H groups in total. The Hall–Kier alpha value is -2.70. The van der Waals surface area contributed by atoms with Gasteiger partial charge in [-0.05, 0) is 56.5 Å². The quantitative estimate of drug-likeness (QED) is 0.513. The average molecular weight is 425 g/mol. The molecule has 2 aliphatic rings. The van der Waals surface area contributed by atoms with Crippen LogP contribution in [0.5, 0.6) is 5.75 Å². The van der Waals surface area contributed by atoms with E-state index in [1.54, 1.807) is 17.0 Å². The summed E-state index contributed by atoms with van der Waals surface area (Å²) >= 11 is 6.30. The fraction of sp³-hybridized carbons (Fsp3) is 0.348. The molecule has 0 bridgehead atoms. The van der Waals surface area contributed by atoms with Gasteiger partial charge in [0.1, 0.15) is 17.2 Å². The van der Waals surface area contributed by atoms with E-state index in [1.807, 2.05) is 31.3 Å². The first-order chi connectivity index (χ1) is 14.6. The fourth-order valence-electron chi connectivity index (χ4n) is 3.70. The van der Waals surface area contributed by atoms with Crippen molar-refractivity contribution in [1.82, 2.24) is 19.8 Å². The first-order valence-corrected chi connectivity index (χ1v) is 10.6. The van der Waals surface area contributed by atoms with Crippen molar-refractivity contribution in [2.75, 3.05) is 26.2 Å². The number of carbonyl (C=O) groups is 1. The van der Waals surface area contributed by atoms with Crippen molar-refractivity contribution in [3.8, 4) is 5.75 Å². The number of rotatable bonds is 6. The summed E-state index contributed by atoms with van der Waals surface area (Å²) in [6.07, 6.45) is 8.29. The normalized spacial score (nSPS) is 17.0. The van der Waals surface area contributed by atoms with E-state index in [4.69, 9.17) is 16.3 Å². The summed E-state index contributed by atoms with van der Waals surface area (Å²) in [4.78, 5) is 25.8. The Kier molecular flexibility index (Phi) is 6.45. The molecule has 0 saturated carbocycles. The molecule has 0 radical (unpaired) electrons. The lowest BCUT2D eigenvalue weighted by atomic mass is 10.1. The van der Waals surface area contributed by atoms with Crippen LogP contribution in [0.1, 0.15) is 41.1 Å². The van der Waals surface area contributed by atoms with Crippen molar-refractivity contribution in [2.24, 2.45) is 0 Å². The molecule has 0 atom stereocenters. The van der Waals surface area contributed by atoms with Crippen LogP contribution in [0.4, 0.5) is 0 Å². The van der Waals surface area contributed by atoms with Crippen molar-refractivity contribution in [3.05, 3.63) is 71.1 Å². The van der Waals surface area contributed by atoms with Crippen LogP contribution in [0.2, 0.25) is 0 Å². The fourth-order valence-corrected chi connectivity index (χ4v) is 3.90. The maximum atomic E-state index is 12.8. The predicted molar refractivity (Wildman–Crippen MR) is 117 cm³/mol. The maximum absolute atomic E-state index is 12.8. The molecule has 0 spiro atoms. The molecule has 30 heavy (non-hydrogen) atoms. The van der Waals surface area contributed by atoms with Crippen LogP contribution in [0.3, 0.4) is 0 Å². The number of hydrogen-bond acceptors (Lipinski definition) is 5. The van der Waals surface area contributed by atoms with E-state index in [-0.39, 0.29) is 5.91 Å². The monoisotopic (exact) mass is 424 g/mol. The highest BCUT2D eigenvalue weighted by molar-refractivity contribution is 6.30. The van der Waals surface area contributed by atoms with Crippen molar-refractivity contribution in [2.45, 2.75) is 26.2 Å². The minimum Gasteiger partial charge on any atom is -0.461 e. The largest absolute Gasteiger partial charge is 0.461 e. The van der Waals surface area contributed by atoms with Crippen LogP contribution in [-0.2, 0) is 0 Å². The van der Waals surface area contributed by atoms with E-state index < -0.39 is 0 Å². The number of carbonyl (C=O) groups excluding carboxylic acids is 1. The maximum Gasteiger partial charge on any atom is 0.262 e. The van der Waals surface area contributed by atoms with Gasteiger partial charge in [-0.2, -0.15) is 0 Å². The second-order valence-electron chi connectivity index (χ2n) is 7.52. The molecule has 6 nitrogen and oxygen atoms in total. The Balaban J connectivity index is 1.27. The minimum absolute atomic E-state index is 0.118. The Morgan fingerprint density at radius 3 is 2.80 bits per heavy atom. The summed E-state index contributed by atoms with van der Waals surface area (Å²) < 4.78 is 5.54. The van der Waals surface area contributed by atoms with E-state index in [1.165, 1.54) is 11.8 Å². The summed E-state index contributed by atoms with van der Waals surface area (Å²) in [5.41, 5.74) is 2.75. The van der Waals surface area contributed by atoms with Crippen LogP contribution in [-0.4, -0.2) is 51.9 Å². The molecule has 2 aromatic rings. The molecule has 1 aromatic carbocycles. The first kappa shape index (κ1) is 20.6. The number of benzene rings is 1. The molecule has 156 valence electrons. The third-order valence-corrected chi connectivity index (χ3v) is 5.68. The van der Waals surface area contributed by atoms with E-state index >= 15 is 0 Å². The number of ether oxygens (including phenoxy) is 1. The van der Waals surface area contributed by atoms with Gasteiger partial charge in [-0.3, -0.25) is 14.6 Å². The first-order valence-electron chi connectivity index (χ1n) is 10.3. The minimum atomic E-state index is -0.118. The predicted octanol–water partition coefficient (Wildman–Crippen LogP) is 4.23. The number of hydrogen-bond donors (Lipinski definition) is 0. The standard InChI is InChI=1S/C23H25ClN4O2/c1-17-8-11-25-22(26-17)18-9-14-27(15-10-18)12-4-5-13-28-21(24)16-30-20-7-3-2-6-19(20)23(28)29/h2-3,6-9,11,16H,4-5,10,12-15H2,1H3. The zero-order chi connectivity index (χ0) is 20.9. The highest BCUT2D eigenvalue weighted by Crippen LogP contribution is 2.27. The molecular weight excluding hydrogens is 400 g/mol. The second kappa shape index (κ2) is 9.41. The van der Waals surface area contributed by atoms with Gasteiger partial charge in [0.05, 0.1) is 5.56 Å². The third-order valence-electron chi connectivity index (χ3n) is 5.38. The molecule has 0 unspecified atom stereocenters. The van der Waals surface area contributed by atoms with Gasteiger partial charge in [0.25, 0.3) is 5.91 Å². The number of halogens is 1. The lowest BCUT2D eigenvalue weighted by Gasteiger charge is -2.26. The summed E-state index contributed by atoms with van der Waals surface area (Å²) in [6, 6.07) is 9.13. The van der Waals surface area contributed by atoms with Crippen LogP contribution in [0, 0.1) is 6.92 Å². The number of nitrogens with zero attached hydrogens (tertiary/aromatic N) is 4. The van der Waals surface area contributed by atoms with Gasteiger partial charge >= 0.3 is 0 Å². The van der Waals surface area contributed by atoms with Gasteiger partial charge in [-0.25, -0.2) is 9.97 Å². The number of unbranched alkanes of at least 4 members (excludes halogenated alkanes) is 1. The molecule has 1 amide bonds. The molecule has 0 fully saturated rings. The van der Waals surface area contributed by atoms with Crippen LogP contribution in [0.25, 0.3) is 5.57 Å². The molecule has 0 aliphatic carbocycles. The van der Waals surface area contributed by atoms with Crippen molar-refractivity contribution in [1.29, 1.82) is 0 Å². The lowest BCUT2D eigenvalue weighted by Crippen LogP contribution is -2.32. The highest BCUT2D eigenvalue weighted by Gasteiger charge is 2.25. The Labute approximate surface area is 181 Å². The zero-order valence-corrected chi connectivity index (χ0v) is 17.8. The van der Waals surface area contributed by atoms with Crippen molar-refractivity contribution in [3.63, 3.8) is 0 Å². The van der Waals surface area contributed by atoms with Crippen molar-refractivity contribution < 1.29 is 9.53 Å². The molecule has 7 heteroatoms. The molecule has 4 rings (SSSR count). The van der Waals surface area contributed by atoms with Crippen LogP contribution in [0.15, 0.2) is 54.0 Å². The Morgan fingerprint density at radius 1 is 1.17 bits per heavy atom. The van der Waals surface area contributed by atoms with Crippen molar-refractivity contribution >= 4 is 23.1 Å². The van der Waals surface area contributed by atoms with Crippen LogP contribution < -0.4 is 4.74 Å². The average Bonchev–Trinajstić information content (AvgIpc) is 2.89. The second-order valence-corrected chi connectivity index (χ2v) is 7.91. The third kappa shape index (κ3) is 4.71. The number of fused-ring (bicyclic) bond motifs is 1.